The maximum absolute atomic E-state index is 13.4. The van der Waals surface area contributed by atoms with Gasteiger partial charge < -0.3 is 33.2 Å². The quantitative estimate of drug-likeness (QED) is 0.205. The minimum atomic E-state index is -2.63. The van der Waals surface area contributed by atoms with Gasteiger partial charge in [0.05, 0.1) is 25.0 Å². The summed E-state index contributed by atoms with van der Waals surface area (Å²) in [7, 11) is -0.666. The van der Waals surface area contributed by atoms with E-state index >= 15 is 0 Å². The molecule has 35 heavy (non-hydrogen) atoms. The van der Waals surface area contributed by atoms with E-state index in [2.05, 4.69) is 9.47 Å². The normalized spacial score (nSPS) is 24.9. The van der Waals surface area contributed by atoms with Crippen LogP contribution in [0.3, 0.4) is 0 Å². The summed E-state index contributed by atoms with van der Waals surface area (Å²) in [4.78, 5) is 70.1. The minimum Gasteiger partial charge on any atom is -0.466 e. The highest BCUT2D eigenvalue weighted by Gasteiger charge is 2.55. The van der Waals surface area contributed by atoms with Crippen LogP contribution in [0.15, 0.2) is 11.0 Å². The summed E-state index contributed by atoms with van der Waals surface area (Å²) in [6.45, 7) is 3.54. The van der Waals surface area contributed by atoms with Crippen molar-refractivity contribution in [3.05, 3.63) is 11.0 Å². The first-order chi connectivity index (χ1) is 16.3. The van der Waals surface area contributed by atoms with Crippen LogP contribution in [0.4, 0.5) is 0 Å². The zero-order valence-electron chi connectivity index (χ0n) is 19.8. The Morgan fingerprint density at radius 1 is 0.771 bits per heavy atom. The molecule has 0 bridgehead atoms. The zero-order chi connectivity index (χ0) is 26.9. The van der Waals surface area contributed by atoms with Crippen molar-refractivity contribution in [3.63, 3.8) is 0 Å². The molecule has 1 aliphatic heterocycles. The van der Waals surface area contributed by atoms with Gasteiger partial charge in [-0.15, -0.1) is 0 Å². The lowest BCUT2D eigenvalue weighted by atomic mass is 9.99. The van der Waals surface area contributed by atoms with Gasteiger partial charge in [0, 0.05) is 33.8 Å². The second-order valence-electron chi connectivity index (χ2n) is 6.89. The minimum absolute atomic E-state index is 0.570. The maximum Gasteiger partial charge on any atom is 0.347 e. The van der Waals surface area contributed by atoms with Crippen LogP contribution in [0.5, 0.6) is 0 Å². The van der Waals surface area contributed by atoms with Crippen LogP contribution >= 0.6 is 0 Å². The molecule has 0 saturated carbocycles. The molecule has 6 atom stereocenters. The summed E-state index contributed by atoms with van der Waals surface area (Å²) < 4.78 is 48.7. The molecule has 0 N–H and O–H groups in total. The Morgan fingerprint density at radius 3 is 1.74 bits per heavy atom. The topological polar surface area (TPSA) is 184 Å². The molecule has 0 radical (unpaired) electrons. The molecular weight excluding hydrogens is 496 g/mol. The van der Waals surface area contributed by atoms with Gasteiger partial charge >= 0.3 is 35.8 Å². The van der Waals surface area contributed by atoms with E-state index in [1.807, 2.05) is 0 Å². The van der Waals surface area contributed by atoms with Crippen molar-refractivity contribution in [1.82, 2.24) is 0 Å². The fourth-order valence-electron chi connectivity index (χ4n) is 2.95. The predicted molar refractivity (Wildman–Crippen MR) is 112 cm³/mol. The largest absolute Gasteiger partial charge is 0.466 e. The molecule has 0 spiro atoms. The molecule has 0 unspecified atom stereocenters. The van der Waals surface area contributed by atoms with Gasteiger partial charge in [-0.1, -0.05) is 0 Å². The Kier molecular flexibility index (Phi) is 11.5. The molecule has 1 heterocycles. The monoisotopic (exact) mass is 522 g/mol. The van der Waals surface area contributed by atoms with E-state index < -0.39 is 88.0 Å². The molecule has 196 valence electrons. The van der Waals surface area contributed by atoms with E-state index in [0.29, 0.717) is 6.08 Å². The first kappa shape index (κ1) is 29.7. The Hall–Kier alpha value is -3.33. The van der Waals surface area contributed by atoms with E-state index in [4.69, 9.17) is 23.7 Å². The lowest BCUT2D eigenvalue weighted by Crippen LogP contribution is -2.63. The van der Waals surface area contributed by atoms with E-state index in [-0.39, 0.29) is 0 Å². The third-order valence-corrected chi connectivity index (χ3v) is 5.73. The molecule has 0 aromatic rings. The van der Waals surface area contributed by atoms with Crippen molar-refractivity contribution in [1.29, 1.82) is 0 Å². The maximum atomic E-state index is 13.4. The molecule has 0 aromatic carbocycles. The van der Waals surface area contributed by atoms with Crippen molar-refractivity contribution >= 4 is 46.6 Å². The lowest BCUT2D eigenvalue weighted by molar-refractivity contribution is -0.238. The highest BCUT2D eigenvalue weighted by atomic mass is 32.2. The molecule has 1 aliphatic rings. The third-order valence-electron chi connectivity index (χ3n) is 4.21. The van der Waals surface area contributed by atoms with Gasteiger partial charge in [0.15, 0.2) is 23.7 Å². The van der Waals surface area contributed by atoms with Crippen molar-refractivity contribution in [2.45, 2.75) is 57.5 Å². The average molecular weight is 522 g/mol. The number of carbonyl (C=O) groups excluding carboxylic acids is 6. The first-order valence-electron chi connectivity index (χ1n) is 9.91. The number of ether oxygens (including phenoxy) is 7. The third kappa shape index (κ3) is 8.75. The second-order valence-corrected chi connectivity index (χ2v) is 8.39. The Balaban J connectivity index is 3.67. The highest BCUT2D eigenvalue weighted by Crippen LogP contribution is 2.32. The fraction of sp³-hybridized carbons (Fsp3) is 0.600. The average Bonchev–Trinajstić information content (AvgIpc) is 2.76. The SMILES string of the molecule is COC(=O)/C=C(\C(=O)OC)[S@](=O)[C@@H]1O[C@H](COC(C)=O)[C@@H](OC(C)=O)[C@H](OC(C)=O)[C@@H]1OC(C)=O. The molecule has 0 amide bonds. The van der Waals surface area contributed by atoms with Gasteiger partial charge in [0.25, 0.3) is 0 Å². The van der Waals surface area contributed by atoms with Gasteiger partial charge in [-0.05, 0) is 0 Å². The summed E-state index contributed by atoms with van der Waals surface area (Å²) in [5.74, 6) is -5.72. The summed E-state index contributed by atoms with van der Waals surface area (Å²) >= 11 is 0. The standard InChI is InChI=1S/C20H26O14S/c1-9(21)30-8-13-16(31-10(2)22)17(32-11(3)23)18(33-12(4)24)20(34-13)35(27)14(19(26)29-6)7-15(25)28-5/h7,13,16-18,20H,8H2,1-6H3/b14-7+/t13-,16-,17+,18+,20+,35+/m1/s1. The van der Waals surface area contributed by atoms with Crippen molar-refractivity contribution < 1.29 is 66.1 Å². The molecule has 0 aliphatic carbocycles. The van der Waals surface area contributed by atoms with Crippen LogP contribution in [-0.2, 0) is 72.7 Å². The highest BCUT2D eigenvalue weighted by molar-refractivity contribution is 7.90. The molecule has 1 rings (SSSR count). The summed E-state index contributed by atoms with van der Waals surface area (Å²) in [6.07, 6.45) is -5.62. The van der Waals surface area contributed by atoms with Crippen molar-refractivity contribution in [2.75, 3.05) is 20.8 Å². The van der Waals surface area contributed by atoms with Gasteiger partial charge in [-0.2, -0.15) is 0 Å². The second kappa shape index (κ2) is 13.5. The molecular formula is C20H26O14S. The summed E-state index contributed by atoms with van der Waals surface area (Å²) in [5.41, 5.74) is -1.79. The predicted octanol–water partition coefficient (Wildman–Crippen LogP) is -0.952. The summed E-state index contributed by atoms with van der Waals surface area (Å²) in [6, 6.07) is 0. The molecule has 1 saturated heterocycles. The van der Waals surface area contributed by atoms with Crippen LogP contribution in [-0.4, -0.2) is 90.7 Å². The van der Waals surface area contributed by atoms with Crippen LogP contribution < -0.4 is 0 Å². The summed E-state index contributed by atoms with van der Waals surface area (Å²) in [5, 5.41) is 0. The Labute approximate surface area is 202 Å². The number of carbonyl (C=O) groups is 6. The molecule has 0 aromatic heterocycles. The van der Waals surface area contributed by atoms with E-state index in [0.717, 1.165) is 41.9 Å². The molecule has 1 fully saturated rings. The fourth-order valence-corrected chi connectivity index (χ4v) is 4.36. The van der Waals surface area contributed by atoms with Crippen LogP contribution in [0.2, 0.25) is 0 Å². The number of hydrogen-bond acceptors (Lipinski definition) is 14. The first-order valence-corrected chi connectivity index (χ1v) is 11.1. The number of hydrogen-bond donors (Lipinski definition) is 0. The van der Waals surface area contributed by atoms with Crippen molar-refractivity contribution in [3.8, 4) is 0 Å². The molecule has 14 nitrogen and oxygen atoms in total. The Bertz CT molecular complexity index is 909. The molecule has 15 heteroatoms. The van der Waals surface area contributed by atoms with Crippen LogP contribution in [0, 0.1) is 0 Å². The van der Waals surface area contributed by atoms with Crippen molar-refractivity contribution in [2.24, 2.45) is 0 Å². The zero-order valence-corrected chi connectivity index (χ0v) is 20.6. The lowest BCUT2D eigenvalue weighted by Gasteiger charge is -2.43. The number of methoxy groups -OCH3 is 2. The Morgan fingerprint density at radius 2 is 1.29 bits per heavy atom. The van der Waals surface area contributed by atoms with Gasteiger partial charge in [-0.3, -0.25) is 23.4 Å². The van der Waals surface area contributed by atoms with E-state index in [9.17, 15) is 33.0 Å². The van der Waals surface area contributed by atoms with Gasteiger partial charge in [-0.25, -0.2) is 9.59 Å². The smallest absolute Gasteiger partial charge is 0.347 e. The van der Waals surface area contributed by atoms with Crippen LogP contribution in [0.1, 0.15) is 27.7 Å². The van der Waals surface area contributed by atoms with Gasteiger partial charge in [0.2, 0.25) is 0 Å². The van der Waals surface area contributed by atoms with E-state index in [1.54, 1.807) is 0 Å². The van der Waals surface area contributed by atoms with E-state index in [1.165, 1.54) is 0 Å². The number of rotatable bonds is 9. The van der Waals surface area contributed by atoms with Crippen LogP contribution in [0.25, 0.3) is 0 Å². The van der Waals surface area contributed by atoms with Gasteiger partial charge in [0.1, 0.15) is 17.6 Å². The number of esters is 6.